The van der Waals surface area contributed by atoms with Gasteiger partial charge in [0.05, 0.1) is 6.61 Å². The molecule has 2 nitrogen and oxygen atoms in total. The Morgan fingerprint density at radius 2 is 2.33 bits per heavy atom. The first-order valence-electron chi connectivity index (χ1n) is 3.05. The van der Waals surface area contributed by atoms with E-state index in [1.807, 2.05) is 0 Å². The fraction of sp³-hybridized carbons (Fsp3) is 0.833. The van der Waals surface area contributed by atoms with Crippen LogP contribution in [0.15, 0.2) is 0 Å². The molecular weight excluding hydrogens is 123 g/mol. The highest BCUT2D eigenvalue weighted by atomic mass is 19.1. The van der Waals surface area contributed by atoms with E-state index in [-0.39, 0.29) is 6.61 Å². The second-order valence-corrected chi connectivity index (χ2v) is 2.19. The Kier molecular flexibility index (Phi) is 1.43. The number of ether oxygens (including phenoxy) is 1. The molecule has 0 spiro atoms. The van der Waals surface area contributed by atoms with Gasteiger partial charge in [-0.25, -0.2) is 9.18 Å². The third-order valence-electron chi connectivity index (χ3n) is 1.33. The summed E-state index contributed by atoms with van der Waals surface area (Å²) in [5, 5.41) is 0. The third kappa shape index (κ3) is 1.20. The van der Waals surface area contributed by atoms with E-state index in [0.29, 0.717) is 12.8 Å². The highest BCUT2D eigenvalue weighted by molar-refractivity contribution is 5.82. The van der Waals surface area contributed by atoms with E-state index in [2.05, 4.69) is 4.74 Å². The van der Waals surface area contributed by atoms with Crippen LogP contribution in [0.3, 0.4) is 0 Å². The molecule has 1 saturated carbocycles. The van der Waals surface area contributed by atoms with Gasteiger partial charge in [-0.1, -0.05) is 0 Å². The Labute approximate surface area is 53.0 Å². The van der Waals surface area contributed by atoms with E-state index >= 15 is 0 Å². The van der Waals surface area contributed by atoms with Crippen LogP contribution >= 0.6 is 0 Å². The summed E-state index contributed by atoms with van der Waals surface area (Å²) in [4.78, 5) is 10.5. The topological polar surface area (TPSA) is 26.3 Å². The van der Waals surface area contributed by atoms with Crippen molar-refractivity contribution in [3.8, 4) is 0 Å². The zero-order valence-electron chi connectivity index (χ0n) is 5.32. The second kappa shape index (κ2) is 1.97. The molecule has 52 valence electrons. The van der Waals surface area contributed by atoms with E-state index in [1.165, 1.54) is 0 Å². The molecule has 0 N–H and O–H groups in total. The summed E-state index contributed by atoms with van der Waals surface area (Å²) in [6.07, 6.45) is 0.678. The molecule has 1 aliphatic carbocycles. The molecule has 9 heavy (non-hydrogen) atoms. The van der Waals surface area contributed by atoms with E-state index in [9.17, 15) is 9.18 Å². The average molecular weight is 132 g/mol. The molecule has 1 aliphatic rings. The van der Waals surface area contributed by atoms with Crippen LogP contribution in [0.1, 0.15) is 19.8 Å². The van der Waals surface area contributed by atoms with Crippen LogP contribution in [0.2, 0.25) is 0 Å². The highest BCUT2D eigenvalue weighted by Gasteiger charge is 2.52. The molecule has 0 radical (unpaired) electrons. The molecule has 0 saturated heterocycles. The molecule has 0 unspecified atom stereocenters. The normalized spacial score (nSPS) is 21.1. The predicted octanol–water partition coefficient (Wildman–Crippen LogP) is 1.05. The van der Waals surface area contributed by atoms with Gasteiger partial charge in [0.25, 0.3) is 0 Å². The molecule has 0 aromatic rings. The van der Waals surface area contributed by atoms with Crippen molar-refractivity contribution in [2.45, 2.75) is 25.4 Å². The molecule has 1 fully saturated rings. The van der Waals surface area contributed by atoms with Gasteiger partial charge in [0.2, 0.25) is 5.67 Å². The molecule has 0 atom stereocenters. The van der Waals surface area contributed by atoms with Crippen molar-refractivity contribution in [2.24, 2.45) is 0 Å². The van der Waals surface area contributed by atoms with Crippen molar-refractivity contribution in [2.75, 3.05) is 6.61 Å². The van der Waals surface area contributed by atoms with Gasteiger partial charge in [0, 0.05) is 0 Å². The molecule has 0 aromatic carbocycles. The monoisotopic (exact) mass is 132 g/mol. The first kappa shape index (κ1) is 6.52. The first-order chi connectivity index (χ1) is 4.19. The lowest BCUT2D eigenvalue weighted by atomic mass is 10.4. The molecule has 0 aliphatic heterocycles. The Morgan fingerprint density at radius 1 is 1.78 bits per heavy atom. The van der Waals surface area contributed by atoms with E-state index < -0.39 is 11.6 Å². The minimum Gasteiger partial charge on any atom is -0.464 e. The van der Waals surface area contributed by atoms with Gasteiger partial charge in [-0.05, 0) is 19.8 Å². The number of carbonyl (C=O) groups is 1. The largest absolute Gasteiger partial charge is 0.464 e. The summed E-state index contributed by atoms with van der Waals surface area (Å²) in [6, 6.07) is 0. The SMILES string of the molecule is CCOC(=O)C1(F)CC1. The van der Waals surface area contributed by atoms with Crippen LogP contribution < -0.4 is 0 Å². The van der Waals surface area contributed by atoms with Gasteiger partial charge in [0.1, 0.15) is 0 Å². The van der Waals surface area contributed by atoms with E-state index in [4.69, 9.17) is 0 Å². The van der Waals surface area contributed by atoms with Crippen molar-refractivity contribution in [1.29, 1.82) is 0 Å². The van der Waals surface area contributed by atoms with Crippen molar-refractivity contribution in [3.05, 3.63) is 0 Å². The van der Waals surface area contributed by atoms with Gasteiger partial charge >= 0.3 is 5.97 Å². The summed E-state index contributed by atoms with van der Waals surface area (Å²) in [6.45, 7) is 1.94. The molecular formula is C6H9FO2. The molecule has 0 heterocycles. The fourth-order valence-electron chi connectivity index (χ4n) is 0.574. The Balaban J connectivity index is 2.34. The minimum absolute atomic E-state index is 0.268. The summed E-state index contributed by atoms with van der Waals surface area (Å²) in [7, 11) is 0. The number of carbonyl (C=O) groups excluding carboxylic acids is 1. The maximum Gasteiger partial charge on any atom is 0.343 e. The Bertz CT molecular complexity index is 129. The number of rotatable bonds is 2. The smallest absolute Gasteiger partial charge is 0.343 e. The first-order valence-corrected chi connectivity index (χ1v) is 3.05. The minimum atomic E-state index is -1.60. The van der Waals surface area contributed by atoms with Crippen molar-refractivity contribution in [1.82, 2.24) is 0 Å². The van der Waals surface area contributed by atoms with Crippen LogP contribution in [0.25, 0.3) is 0 Å². The predicted molar refractivity (Wildman–Crippen MR) is 29.7 cm³/mol. The molecule has 1 rings (SSSR count). The van der Waals surface area contributed by atoms with Crippen molar-refractivity contribution < 1.29 is 13.9 Å². The number of alkyl halides is 1. The lowest BCUT2D eigenvalue weighted by molar-refractivity contribution is -0.150. The summed E-state index contributed by atoms with van der Waals surface area (Å²) in [5.74, 6) is -0.690. The zero-order chi connectivity index (χ0) is 6.91. The van der Waals surface area contributed by atoms with Gasteiger partial charge in [0.15, 0.2) is 0 Å². The maximum atomic E-state index is 12.6. The van der Waals surface area contributed by atoms with Crippen LogP contribution in [-0.4, -0.2) is 18.2 Å². The lowest BCUT2D eigenvalue weighted by Crippen LogP contribution is -2.19. The van der Waals surface area contributed by atoms with E-state index in [0.717, 1.165) is 0 Å². The number of halogens is 1. The lowest BCUT2D eigenvalue weighted by Gasteiger charge is -2.02. The van der Waals surface area contributed by atoms with Gasteiger partial charge in [-0.15, -0.1) is 0 Å². The van der Waals surface area contributed by atoms with Crippen molar-refractivity contribution >= 4 is 5.97 Å². The number of hydrogen-bond donors (Lipinski definition) is 0. The quantitative estimate of drug-likeness (QED) is 0.525. The van der Waals surface area contributed by atoms with Gasteiger partial charge in [-0.3, -0.25) is 0 Å². The Hall–Kier alpha value is -0.600. The third-order valence-corrected chi connectivity index (χ3v) is 1.33. The van der Waals surface area contributed by atoms with Gasteiger partial charge < -0.3 is 4.74 Å². The van der Waals surface area contributed by atoms with Crippen LogP contribution in [0, 0.1) is 0 Å². The summed E-state index contributed by atoms with van der Waals surface area (Å²) < 4.78 is 17.1. The second-order valence-electron chi connectivity index (χ2n) is 2.19. The van der Waals surface area contributed by atoms with E-state index in [1.54, 1.807) is 6.92 Å². The van der Waals surface area contributed by atoms with Crippen LogP contribution in [0.4, 0.5) is 4.39 Å². The molecule has 3 heteroatoms. The molecule has 0 bridgehead atoms. The summed E-state index contributed by atoms with van der Waals surface area (Å²) >= 11 is 0. The fourth-order valence-corrected chi connectivity index (χ4v) is 0.574. The van der Waals surface area contributed by atoms with Crippen molar-refractivity contribution in [3.63, 3.8) is 0 Å². The van der Waals surface area contributed by atoms with Crippen LogP contribution in [-0.2, 0) is 9.53 Å². The highest BCUT2D eigenvalue weighted by Crippen LogP contribution is 2.40. The average Bonchev–Trinajstić information content (AvgIpc) is 2.50. The molecule has 0 amide bonds. The Morgan fingerprint density at radius 3 is 2.67 bits per heavy atom. The van der Waals surface area contributed by atoms with Gasteiger partial charge in [-0.2, -0.15) is 0 Å². The van der Waals surface area contributed by atoms with Crippen LogP contribution in [0.5, 0.6) is 0 Å². The number of esters is 1. The standard InChI is InChI=1S/C6H9FO2/c1-2-9-5(8)6(7)3-4-6/h2-4H2,1H3. The number of hydrogen-bond acceptors (Lipinski definition) is 2. The summed E-state index contributed by atoms with van der Waals surface area (Å²) in [5.41, 5.74) is -1.60. The maximum absolute atomic E-state index is 12.6. The molecule has 0 aromatic heterocycles. The zero-order valence-corrected chi connectivity index (χ0v) is 5.32.